The lowest BCUT2D eigenvalue weighted by Gasteiger charge is -2.17. The highest BCUT2D eigenvalue weighted by Gasteiger charge is 2.23. The van der Waals surface area contributed by atoms with Gasteiger partial charge in [0.1, 0.15) is 11.5 Å². The van der Waals surface area contributed by atoms with Crippen LogP contribution in [0.2, 0.25) is 0 Å². The normalized spacial score (nSPS) is 16.5. The molecule has 0 spiro atoms. The van der Waals surface area contributed by atoms with Gasteiger partial charge in [0.2, 0.25) is 5.91 Å². The molecule has 0 saturated heterocycles. The van der Waals surface area contributed by atoms with Gasteiger partial charge in [-0.15, -0.1) is 11.8 Å². The molecule has 4 nitrogen and oxygen atoms in total. The first-order valence-corrected chi connectivity index (χ1v) is 8.26. The van der Waals surface area contributed by atoms with Gasteiger partial charge in [0.05, 0.1) is 25.2 Å². The maximum atomic E-state index is 12.3. The van der Waals surface area contributed by atoms with E-state index in [9.17, 15) is 4.79 Å². The van der Waals surface area contributed by atoms with Gasteiger partial charge >= 0.3 is 0 Å². The summed E-state index contributed by atoms with van der Waals surface area (Å²) in [6.45, 7) is 1.96. The number of methoxy groups -OCH3 is 2. The van der Waals surface area contributed by atoms with Gasteiger partial charge < -0.3 is 14.8 Å². The van der Waals surface area contributed by atoms with Gasteiger partial charge in [-0.1, -0.05) is 12.8 Å². The van der Waals surface area contributed by atoms with Gasteiger partial charge in [0.15, 0.2) is 0 Å². The van der Waals surface area contributed by atoms with E-state index in [4.69, 9.17) is 9.47 Å². The first-order chi connectivity index (χ1) is 10.1. The summed E-state index contributed by atoms with van der Waals surface area (Å²) in [5.74, 6) is 1.35. The third kappa shape index (κ3) is 4.30. The Bertz CT molecular complexity index is 486. The third-order valence-electron chi connectivity index (χ3n) is 3.73. The Labute approximate surface area is 130 Å². The summed E-state index contributed by atoms with van der Waals surface area (Å²) >= 11 is 1.77. The molecule has 0 bridgehead atoms. The van der Waals surface area contributed by atoms with E-state index in [-0.39, 0.29) is 11.2 Å². The molecule has 1 unspecified atom stereocenters. The lowest BCUT2D eigenvalue weighted by molar-refractivity contribution is -0.115. The van der Waals surface area contributed by atoms with Gasteiger partial charge in [-0.05, 0) is 31.9 Å². The molecule has 1 saturated carbocycles. The van der Waals surface area contributed by atoms with Crippen molar-refractivity contribution >= 4 is 23.4 Å². The SMILES string of the molecule is COc1ccc(OC)c(NC(=O)C(C)SC2CCCC2)c1. The number of hydrogen-bond donors (Lipinski definition) is 1. The quantitative estimate of drug-likeness (QED) is 0.870. The van der Waals surface area contributed by atoms with Crippen LogP contribution in [-0.4, -0.2) is 30.6 Å². The summed E-state index contributed by atoms with van der Waals surface area (Å²) in [7, 11) is 3.19. The minimum Gasteiger partial charge on any atom is -0.497 e. The van der Waals surface area contributed by atoms with Crippen LogP contribution in [0.15, 0.2) is 18.2 Å². The molecular weight excluding hydrogens is 286 g/mol. The Morgan fingerprint density at radius 2 is 2.00 bits per heavy atom. The van der Waals surface area contributed by atoms with E-state index in [1.165, 1.54) is 25.7 Å². The molecule has 0 aromatic heterocycles. The molecule has 1 atom stereocenters. The summed E-state index contributed by atoms with van der Waals surface area (Å²) in [6.07, 6.45) is 5.03. The molecule has 1 aromatic rings. The molecule has 2 rings (SSSR count). The van der Waals surface area contributed by atoms with Crippen molar-refractivity contribution < 1.29 is 14.3 Å². The topological polar surface area (TPSA) is 47.6 Å². The lowest BCUT2D eigenvalue weighted by Crippen LogP contribution is -2.24. The zero-order valence-electron chi connectivity index (χ0n) is 12.8. The lowest BCUT2D eigenvalue weighted by atomic mass is 10.2. The van der Waals surface area contributed by atoms with E-state index < -0.39 is 0 Å². The zero-order valence-corrected chi connectivity index (χ0v) is 13.7. The number of ether oxygens (including phenoxy) is 2. The number of anilines is 1. The maximum Gasteiger partial charge on any atom is 0.237 e. The Kier molecular flexibility index (Phi) is 5.79. The molecule has 0 heterocycles. The number of amides is 1. The molecule has 0 aliphatic heterocycles. The van der Waals surface area contributed by atoms with Crippen LogP contribution in [0.4, 0.5) is 5.69 Å². The summed E-state index contributed by atoms with van der Waals surface area (Å²) in [6, 6.07) is 5.39. The van der Waals surface area contributed by atoms with E-state index in [2.05, 4.69) is 5.32 Å². The standard InChI is InChI=1S/C16H23NO3S/c1-11(21-13-6-4-5-7-13)16(18)17-14-10-12(19-2)8-9-15(14)20-3/h8-11,13H,4-7H2,1-3H3,(H,17,18). The van der Waals surface area contributed by atoms with Crippen LogP contribution in [0.1, 0.15) is 32.6 Å². The molecule has 0 radical (unpaired) electrons. The fourth-order valence-corrected chi connectivity index (χ4v) is 3.89. The van der Waals surface area contributed by atoms with Crippen molar-refractivity contribution in [3.8, 4) is 11.5 Å². The van der Waals surface area contributed by atoms with Crippen LogP contribution in [0.25, 0.3) is 0 Å². The zero-order chi connectivity index (χ0) is 15.2. The fraction of sp³-hybridized carbons (Fsp3) is 0.562. The highest BCUT2D eigenvalue weighted by Crippen LogP contribution is 2.34. The first-order valence-electron chi connectivity index (χ1n) is 7.32. The largest absolute Gasteiger partial charge is 0.497 e. The average molecular weight is 309 g/mol. The molecule has 5 heteroatoms. The smallest absolute Gasteiger partial charge is 0.237 e. The summed E-state index contributed by atoms with van der Waals surface area (Å²) in [5, 5.41) is 3.50. The molecular formula is C16H23NO3S. The first kappa shape index (κ1) is 16.0. The van der Waals surface area contributed by atoms with E-state index in [0.29, 0.717) is 22.4 Å². The fourth-order valence-electron chi connectivity index (χ4n) is 2.52. The van der Waals surface area contributed by atoms with Crippen LogP contribution in [-0.2, 0) is 4.79 Å². The molecule has 1 amide bonds. The summed E-state index contributed by atoms with van der Waals surface area (Å²) in [5.41, 5.74) is 0.653. The number of benzene rings is 1. The molecule has 1 fully saturated rings. The van der Waals surface area contributed by atoms with Crippen molar-refractivity contribution in [3.05, 3.63) is 18.2 Å². The highest BCUT2D eigenvalue weighted by atomic mass is 32.2. The number of rotatable bonds is 6. The van der Waals surface area contributed by atoms with Gasteiger partial charge in [-0.25, -0.2) is 0 Å². The maximum absolute atomic E-state index is 12.3. The van der Waals surface area contributed by atoms with E-state index in [1.54, 1.807) is 38.1 Å². The number of carbonyl (C=O) groups excluding carboxylic acids is 1. The minimum atomic E-state index is -0.0657. The Morgan fingerprint density at radius 1 is 1.29 bits per heavy atom. The van der Waals surface area contributed by atoms with Crippen molar-refractivity contribution in [2.45, 2.75) is 43.1 Å². The summed E-state index contributed by atoms with van der Waals surface area (Å²) < 4.78 is 10.5. The number of carbonyl (C=O) groups is 1. The molecule has 21 heavy (non-hydrogen) atoms. The number of thioether (sulfide) groups is 1. The van der Waals surface area contributed by atoms with Gasteiger partial charge in [-0.3, -0.25) is 4.79 Å². The van der Waals surface area contributed by atoms with E-state index in [0.717, 1.165) is 0 Å². The molecule has 1 aliphatic carbocycles. The van der Waals surface area contributed by atoms with Gasteiger partial charge in [0, 0.05) is 11.3 Å². The van der Waals surface area contributed by atoms with Crippen LogP contribution in [0.5, 0.6) is 11.5 Å². The van der Waals surface area contributed by atoms with Gasteiger partial charge in [0.25, 0.3) is 0 Å². The monoisotopic (exact) mass is 309 g/mol. The number of hydrogen-bond acceptors (Lipinski definition) is 4. The Hall–Kier alpha value is -1.36. The van der Waals surface area contributed by atoms with Crippen LogP contribution in [0, 0.1) is 0 Å². The van der Waals surface area contributed by atoms with E-state index >= 15 is 0 Å². The Balaban J connectivity index is 2.00. The second kappa shape index (κ2) is 7.59. The minimum absolute atomic E-state index is 0.0125. The summed E-state index contributed by atoms with van der Waals surface area (Å²) in [4.78, 5) is 12.3. The molecule has 1 aromatic carbocycles. The second-order valence-corrected chi connectivity index (χ2v) is 6.89. The van der Waals surface area contributed by atoms with E-state index in [1.807, 2.05) is 13.0 Å². The van der Waals surface area contributed by atoms with Crippen LogP contribution < -0.4 is 14.8 Å². The Morgan fingerprint density at radius 3 is 2.62 bits per heavy atom. The van der Waals surface area contributed by atoms with Crippen molar-refractivity contribution in [2.75, 3.05) is 19.5 Å². The average Bonchev–Trinajstić information content (AvgIpc) is 2.99. The third-order valence-corrected chi connectivity index (χ3v) is 5.21. The van der Waals surface area contributed by atoms with Crippen molar-refractivity contribution in [2.24, 2.45) is 0 Å². The molecule has 1 N–H and O–H groups in total. The van der Waals surface area contributed by atoms with Crippen LogP contribution in [0.3, 0.4) is 0 Å². The van der Waals surface area contributed by atoms with Crippen molar-refractivity contribution in [3.63, 3.8) is 0 Å². The van der Waals surface area contributed by atoms with Crippen molar-refractivity contribution in [1.82, 2.24) is 0 Å². The van der Waals surface area contributed by atoms with Crippen molar-refractivity contribution in [1.29, 1.82) is 0 Å². The molecule has 1 aliphatic rings. The second-order valence-electron chi connectivity index (χ2n) is 5.24. The van der Waals surface area contributed by atoms with Gasteiger partial charge in [-0.2, -0.15) is 0 Å². The van der Waals surface area contributed by atoms with Crippen LogP contribution >= 0.6 is 11.8 Å². The highest BCUT2D eigenvalue weighted by molar-refractivity contribution is 8.01. The number of nitrogens with one attached hydrogen (secondary N) is 1. The molecule has 116 valence electrons. The predicted octanol–water partition coefficient (Wildman–Crippen LogP) is 3.71. The predicted molar refractivity (Wildman–Crippen MR) is 87.5 cm³/mol.